The number of likely N-dealkylation sites (N-methyl/N-ethyl adjacent to an activating group) is 1. The van der Waals surface area contributed by atoms with E-state index in [0.717, 1.165) is 26.2 Å². The SMILES string of the molecule is CN1CCN(C(=O)C[OH2+])CC1. The molecule has 64 valence electrons. The lowest BCUT2D eigenvalue weighted by atomic mass is 10.3. The van der Waals surface area contributed by atoms with Gasteiger partial charge in [0.05, 0.1) is 0 Å². The number of piperazine rings is 1. The fourth-order valence-electron chi connectivity index (χ4n) is 1.17. The highest BCUT2D eigenvalue weighted by Gasteiger charge is 2.18. The average Bonchev–Trinajstić information content (AvgIpc) is 2.05. The van der Waals surface area contributed by atoms with Crippen LogP contribution in [0.25, 0.3) is 0 Å². The van der Waals surface area contributed by atoms with E-state index in [1.807, 2.05) is 7.05 Å². The molecule has 0 spiro atoms. The van der Waals surface area contributed by atoms with Crippen molar-refractivity contribution in [3.63, 3.8) is 0 Å². The van der Waals surface area contributed by atoms with Gasteiger partial charge in [-0.3, -0.25) is 4.79 Å². The number of carbonyl (C=O) groups excluding carboxylic acids is 1. The number of hydrogen-bond donors (Lipinski definition) is 0. The zero-order valence-electron chi connectivity index (χ0n) is 6.84. The maximum absolute atomic E-state index is 11.0. The molecule has 0 aromatic carbocycles. The van der Waals surface area contributed by atoms with E-state index in [1.165, 1.54) is 0 Å². The van der Waals surface area contributed by atoms with Crippen LogP contribution in [-0.4, -0.2) is 60.6 Å². The van der Waals surface area contributed by atoms with Gasteiger partial charge in [0.25, 0.3) is 5.91 Å². The summed E-state index contributed by atoms with van der Waals surface area (Å²) >= 11 is 0. The van der Waals surface area contributed by atoms with E-state index in [2.05, 4.69) is 4.90 Å². The molecule has 0 aliphatic carbocycles. The molecule has 1 rings (SSSR count). The van der Waals surface area contributed by atoms with Crippen molar-refractivity contribution in [1.29, 1.82) is 0 Å². The Balaban J connectivity index is 2.33. The molecule has 1 saturated heterocycles. The molecule has 0 atom stereocenters. The number of amides is 1. The van der Waals surface area contributed by atoms with Crippen LogP contribution in [0.1, 0.15) is 0 Å². The lowest BCUT2D eigenvalue weighted by Gasteiger charge is -2.31. The van der Waals surface area contributed by atoms with E-state index in [-0.39, 0.29) is 12.5 Å². The normalized spacial score (nSPS) is 20.4. The Morgan fingerprint density at radius 2 is 1.91 bits per heavy atom. The van der Waals surface area contributed by atoms with Crippen LogP contribution in [0.3, 0.4) is 0 Å². The van der Waals surface area contributed by atoms with Gasteiger partial charge in [0.1, 0.15) is 0 Å². The zero-order valence-corrected chi connectivity index (χ0v) is 6.84. The van der Waals surface area contributed by atoms with E-state index in [1.54, 1.807) is 4.90 Å². The Morgan fingerprint density at radius 3 is 2.36 bits per heavy atom. The largest absolute Gasteiger partial charge is 0.438 e. The van der Waals surface area contributed by atoms with Crippen molar-refractivity contribution in [2.24, 2.45) is 0 Å². The van der Waals surface area contributed by atoms with E-state index in [0.29, 0.717) is 0 Å². The summed E-state index contributed by atoms with van der Waals surface area (Å²) in [5.74, 6) is -0.0434. The fourth-order valence-corrected chi connectivity index (χ4v) is 1.17. The molecule has 0 unspecified atom stereocenters. The second kappa shape index (κ2) is 3.69. The molecule has 4 nitrogen and oxygen atoms in total. The third-order valence-corrected chi connectivity index (χ3v) is 2.01. The minimum absolute atomic E-state index is 0.0434. The molecule has 4 heteroatoms. The topological polar surface area (TPSA) is 46.5 Å². The molecule has 0 bridgehead atoms. The van der Waals surface area contributed by atoms with Gasteiger partial charge in [0, 0.05) is 26.2 Å². The quantitative estimate of drug-likeness (QED) is 0.436. The van der Waals surface area contributed by atoms with Crippen molar-refractivity contribution in [3.05, 3.63) is 0 Å². The van der Waals surface area contributed by atoms with Crippen LogP contribution in [0.5, 0.6) is 0 Å². The Bertz CT molecular complexity index is 141. The lowest BCUT2D eigenvalue weighted by molar-refractivity contribution is -0.135. The number of nitrogens with zero attached hydrogens (tertiary/aromatic N) is 2. The van der Waals surface area contributed by atoms with Crippen molar-refractivity contribution < 1.29 is 9.90 Å². The van der Waals surface area contributed by atoms with Crippen LogP contribution in [0.15, 0.2) is 0 Å². The summed E-state index contributed by atoms with van der Waals surface area (Å²) in [5, 5.41) is 6.89. The summed E-state index contributed by atoms with van der Waals surface area (Å²) in [6.45, 7) is 3.34. The highest BCUT2D eigenvalue weighted by atomic mass is 16.3. The predicted molar refractivity (Wildman–Crippen MR) is 42.6 cm³/mol. The lowest BCUT2D eigenvalue weighted by Crippen LogP contribution is -2.48. The molecule has 0 radical (unpaired) electrons. The second-order valence-corrected chi connectivity index (χ2v) is 2.86. The van der Waals surface area contributed by atoms with Gasteiger partial charge in [0.2, 0.25) is 6.61 Å². The van der Waals surface area contributed by atoms with Crippen LogP contribution in [0.2, 0.25) is 0 Å². The van der Waals surface area contributed by atoms with Gasteiger partial charge in [-0.2, -0.15) is 0 Å². The molecule has 11 heavy (non-hydrogen) atoms. The van der Waals surface area contributed by atoms with Gasteiger partial charge in [0.15, 0.2) is 0 Å². The first kappa shape index (κ1) is 8.49. The number of hydrogen-bond acceptors (Lipinski definition) is 2. The van der Waals surface area contributed by atoms with Crippen molar-refractivity contribution in [1.82, 2.24) is 9.80 Å². The summed E-state index contributed by atoms with van der Waals surface area (Å²) < 4.78 is 0. The summed E-state index contributed by atoms with van der Waals surface area (Å²) in [6, 6.07) is 0. The molecular formula is C7H15N2O2+. The molecule has 1 aliphatic heterocycles. The van der Waals surface area contributed by atoms with Crippen LogP contribution >= 0.6 is 0 Å². The van der Waals surface area contributed by atoms with Crippen molar-refractivity contribution >= 4 is 5.91 Å². The van der Waals surface area contributed by atoms with Crippen molar-refractivity contribution in [2.75, 3.05) is 39.8 Å². The Hall–Kier alpha value is -0.610. The van der Waals surface area contributed by atoms with Crippen molar-refractivity contribution in [2.45, 2.75) is 0 Å². The van der Waals surface area contributed by atoms with E-state index >= 15 is 0 Å². The molecule has 1 fully saturated rings. The van der Waals surface area contributed by atoms with E-state index < -0.39 is 0 Å². The Kier molecular flexibility index (Phi) is 2.84. The summed E-state index contributed by atoms with van der Waals surface area (Å²) in [6.07, 6.45) is 0. The van der Waals surface area contributed by atoms with Crippen LogP contribution in [0.4, 0.5) is 0 Å². The van der Waals surface area contributed by atoms with Gasteiger partial charge in [-0.1, -0.05) is 0 Å². The van der Waals surface area contributed by atoms with Crippen LogP contribution < -0.4 is 0 Å². The minimum Gasteiger partial charge on any atom is -0.438 e. The first-order chi connectivity index (χ1) is 5.24. The molecule has 1 heterocycles. The highest BCUT2D eigenvalue weighted by Crippen LogP contribution is 1.98. The van der Waals surface area contributed by atoms with Crippen molar-refractivity contribution in [3.8, 4) is 0 Å². The zero-order chi connectivity index (χ0) is 8.27. The molecule has 0 saturated carbocycles. The van der Waals surface area contributed by atoms with Gasteiger partial charge < -0.3 is 14.9 Å². The van der Waals surface area contributed by atoms with Gasteiger partial charge >= 0.3 is 0 Å². The monoisotopic (exact) mass is 159 g/mol. The summed E-state index contributed by atoms with van der Waals surface area (Å²) in [4.78, 5) is 14.9. The first-order valence-electron chi connectivity index (χ1n) is 3.85. The number of rotatable bonds is 1. The van der Waals surface area contributed by atoms with Crippen LogP contribution in [-0.2, 0) is 4.79 Å². The van der Waals surface area contributed by atoms with E-state index in [4.69, 9.17) is 5.11 Å². The molecule has 1 aliphatic rings. The standard InChI is InChI=1S/C7H14N2O2/c1-8-2-4-9(5-3-8)7(11)6-10/h10H,2-6H2,1H3/p+1. The molecular weight excluding hydrogens is 144 g/mol. The minimum atomic E-state index is -0.107. The molecule has 2 N–H and O–H groups in total. The third-order valence-electron chi connectivity index (χ3n) is 2.01. The maximum Gasteiger partial charge on any atom is 0.299 e. The third kappa shape index (κ3) is 2.17. The maximum atomic E-state index is 11.0. The van der Waals surface area contributed by atoms with Gasteiger partial charge in [-0.05, 0) is 7.05 Å². The molecule has 0 aromatic heterocycles. The predicted octanol–water partition coefficient (Wildman–Crippen LogP) is -1.51. The first-order valence-corrected chi connectivity index (χ1v) is 3.85. The number of carbonyl (C=O) groups is 1. The smallest absolute Gasteiger partial charge is 0.299 e. The van der Waals surface area contributed by atoms with Gasteiger partial charge in [-0.15, -0.1) is 0 Å². The summed E-state index contributed by atoms with van der Waals surface area (Å²) in [7, 11) is 2.04. The van der Waals surface area contributed by atoms with Crippen LogP contribution in [0, 0.1) is 0 Å². The molecule has 1 amide bonds. The Morgan fingerprint density at radius 1 is 1.36 bits per heavy atom. The van der Waals surface area contributed by atoms with E-state index in [9.17, 15) is 4.79 Å². The average molecular weight is 159 g/mol. The fraction of sp³-hybridized carbons (Fsp3) is 0.857. The van der Waals surface area contributed by atoms with Gasteiger partial charge in [-0.25, -0.2) is 0 Å². The molecule has 0 aromatic rings. The summed E-state index contributed by atoms with van der Waals surface area (Å²) in [5.41, 5.74) is 0. The Labute approximate surface area is 66.4 Å². The highest BCUT2D eigenvalue weighted by molar-refractivity contribution is 5.77. The second-order valence-electron chi connectivity index (χ2n) is 2.86.